The standard InChI is InChI=1S/C17H22N2O4/c20-17(21)10-15-9-16(19-23-15)13-1-3-14(4-2-13)22-11-12-5-7-18-8-6-12/h1-4,12,15,18H,5-11H2,(H,20,21)/t15-/m1/s1. The van der Waals surface area contributed by atoms with Crippen LogP contribution in [0.3, 0.4) is 0 Å². The van der Waals surface area contributed by atoms with Crippen LogP contribution >= 0.6 is 0 Å². The average molecular weight is 318 g/mol. The first-order valence-electron chi connectivity index (χ1n) is 8.09. The maximum absolute atomic E-state index is 10.7. The van der Waals surface area contributed by atoms with E-state index in [2.05, 4.69) is 10.5 Å². The van der Waals surface area contributed by atoms with Gasteiger partial charge < -0.3 is 20.0 Å². The molecule has 0 aromatic heterocycles. The fourth-order valence-electron chi connectivity index (χ4n) is 2.91. The number of aliphatic carboxylic acids is 1. The van der Waals surface area contributed by atoms with Gasteiger partial charge in [0.25, 0.3) is 0 Å². The molecule has 6 heteroatoms. The summed E-state index contributed by atoms with van der Waals surface area (Å²) in [4.78, 5) is 15.9. The van der Waals surface area contributed by atoms with E-state index >= 15 is 0 Å². The highest BCUT2D eigenvalue weighted by Crippen LogP contribution is 2.22. The predicted octanol–water partition coefficient (Wildman–Crippen LogP) is 2.03. The quantitative estimate of drug-likeness (QED) is 0.839. The Labute approximate surface area is 135 Å². The number of rotatable bonds is 6. The van der Waals surface area contributed by atoms with Gasteiger partial charge in [0.05, 0.1) is 18.7 Å². The normalized spacial score (nSPS) is 21.6. The van der Waals surface area contributed by atoms with Gasteiger partial charge in [0.1, 0.15) is 11.9 Å². The third-order valence-electron chi connectivity index (χ3n) is 4.27. The van der Waals surface area contributed by atoms with Gasteiger partial charge in [0.15, 0.2) is 0 Å². The molecule has 0 unspecified atom stereocenters. The van der Waals surface area contributed by atoms with Gasteiger partial charge in [-0.05, 0) is 61.7 Å². The van der Waals surface area contributed by atoms with Crippen LogP contribution in [0, 0.1) is 5.92 Å². The number of carboxylic acids is 1. The second-order valence-corrected chi connectivity index (χ2v) is 6.10. The average Bonchev–Trinajstić information content (AvgIpc) is 3.02. The summed E-state index contributed by atoms with van der Waals surface area (Å²) < 4.78 is 5.86. The van der Waals surface area contributed by atoms with Crippen molar-refractivity contribution in [2.45, 2.75) is 31.8 Å². The fraction of sp³-hybridized carbons (Fsp3) is 0.529. The largest absolute Gasteiger partial charge is 0.493 e. The lowest BCUT2D eigenvalue weighted by Crippen LogP contribution is -2.30. The first-order valence-corrected chi connectivity index (χ1v) is 8.09. The molecule has 2 heterocycles. The first-order chi connectivity index (χ1) is 11.2. The van der Waals surface area contributed by atoms with Crippen molar-refractivity contribution >= 4 is 11.7 Å². The van der Waals surface area contributed by atoms with Gasteiger partial charge in [-0.1, -0.05) is 5.16 Å². The van der Waals surface area contributed by atoms with Gasteiger partial charge in [-0.25, -0.2) is 0 Å². The first kappa shape index (κ1) is 15.8. The van der Waals surface area contributed by atoms with Gasteiger partial charge in [-0.2, -0.15) is 0 Å². The Morgan fingerprint density at radius 2 is 2.04 bits per heavy atom. The molecule has 2 N–H and O–H groups in total. The molecule has 6 nitrogen and oxygen atoms in total. The SMILES string of the molecule is O=C(O)C[C@H]1CC(c2ccc(OCC3CCNCC3)cc2)=NO1. The number of carboxylic acid groups (broad SMARTS) is 1. The summed E-state index contributed by atoms with van der Waals surface area (Å²) in [5, 5.41) is 16.1. The molecule has 0 spiro atoms. The summed E-state index contributed by atoms with van der Waals surface area (Å²) in [5.74, 6) is 0.613. The van der Waals surface area contributed by atoms with Gasteiger partial charge >= 0.3 is 5.97 Å². The Bertz CT molecular complexity index is 564. The van der Waals surface area contributed by atoms with Gasteiger partial charge in [0.2, 0.25) is 0 Å². The maximum Gasteiger partial charge on any atom is 0.307 e. The van der Waals surface area contributed by atoms with E-state index in [0.717, 1.165) is 49.6 Å². The Balaban J connectivity index is 1.50. The molecule has 0 aliphatic carbocycles. The Morgan fingerprint density at radius 1 is 1.30 bits per heavy atom. The molecule has 2 aliphatic rings. The van der Waals surface area contributed by atoms with E-state index in [-0.39, 0.29) is 12.5 Å². The highest BCUT2D eigenvalue weighted by molar-refractivity contribution is 6.01. The van der Waals surface area contributed by atoms with Crippen molar-refractivity contribution < 1.29 is 19.5 Å². The predicted molar refractivity (Wildman–Crippen MR) is 85.8 cm³/mol. The molecule has 3 rings (SSSR count). The lowest BCUT2D eigenvalue weighted by atomic mass is 9.99. The molecule has 1 aromatic carbocycles. The van der Waals surface area contributed by atoms with Crippen LogP contribution in [0.25, 0.3) is 0 Å². The van der Waals surface area contributed by atoms with Crippen LogP contribution in [0.5, 0.6) is 5.75 Å². The molecule has 2 aliphatic heterocycles. The molecule has 1 saturated heterocycles. The van der Waals surface area contributed by atoms with E-state index in [1.54, 1.807) is 0 Å². The molecular weight excluding hydrogens is 296 g/mol. The zero-order valence-corrected chi connectivity index (χ0v) is 13.0. The number of piperidine rings is 1. The summed E-state index contributed by atoms with van der Waals surface area (Å²) in [6.07, 6.45) is 2.47. The highest BCUT2D eigenvalue weighted by Gasteiger charge is 2.24. The van der Waals surface area contributed by atoms with Crippen molar-refractivity contribution in [2.75, 3.05) is 19.7 Å². The Kier molecular flexibility index (Phi) is 5.12. The lowest BCUT2D eigenvalue weighted by molar-refractivity contribution is -0.139. The minimum absolute atomic E-state index is 0.0234. The molecule has 0 amide bonds. The molecule has 23 heavy (non-hydrogen) atoms. The second-order valence-electron chi connectivity index (χ2n) is 6.10. The highest BCUT2D eigenvalue weighted by atomic mass is 16.6. The number of nitrogens with one attached hydrogen (secondary N) is 1. The molecule has 0 bridgehead atoms. The van der Waals surface area contributed by atoms with E-state index in [9.17, 15) is 4.79 Å². The number of ether oxygens (including phenoxy) is 1. The minimum Gasteiger partial charge on any atom is -0.493 e. The molecule has 1 atom stereocenters. The molecular formula is C17H22N2O4. The van der Waals surface area contributed by atoms with Crippen LogP contribution in [0.1, 0.15) is 31.2 Å². The van der Waals surface area contributed by atoms with Crippen LogP contribution in [-0.2, 0) is 9.63 Å². The third kappa shape index (κ3) is 4.45. The lowest BCUT2D eigenvalue weighted by Gasteiger charge is -2.22. The third-order valence-corrected chi connectivity index (χ3v) is 4.27. The summed E-state index contributed by atoms with van der Waals surface area (Å²) in [7, 11) is 0. The van der Waals surface area contributed by atoms with Gasteiger partial charge in [-0.3, -0.25) is 4.79 Å². The fourth-order valence-corrected chi connectivity index (χ4v) is 2.91. The van der Waals surface area contributed by atoms with Crippen molar-refractivity contribution in [1.82, 2.24) is 5.32 Å². The number of benzene rings is 1. The second kappa shape index (κ2) is 7.46. The number of hydrogen-bond acceptors (Lipinski definition) is 5. The zero-order chi connectivity index (χ0) is 16.1. The van der Waals surface area contributed by atoms with Crippen LogP contribution in [0.4, 0.5) is 0 Å². The summed E-state index contributed by atoms with van der Waals surface area (Å²) in [6, 6.07) is 7.76. The van der Waals surface area contributed by atoms with Crippen LogP contribution in [0.2, 0.25) is 0 Å². The summed E-state index contributed by atoms with van der Waals surface area (Å²) in [5.41, 5.74) is 1.74. The molecule has 0 radical (unpaired) electrons. The van der Waals surface area contributed by atoms with Crippen molar-refractivity contribution in [2.24, 2.45) is 11.1 Å². The smallest absolute Gasteiger partial charge is 0.307 e. The number of oxime groups is 1. The number of hydrogen-bond donors (Lipinski definition) is 2. The van der Waals surface area contributed by atoms with Gasteiger partial charge in [0, 0.05) is 6.42 Å². The molecule has 0 saturated carbocycles. The van der Waals surface area contributed by atoms with E-state index in [1.807, 2.05) is 24.3 Å². The molecule has 124 valence electrons. The topological polar surface area (TPSA) is 80.2 Å². The zero-order valence-electron chi connectivity index (χ0n) is 13.0. The van der Waals surface area contributed by atoms with Crippen molar-refractivity contribution in [3.63, 3.8) is 0 Å². The summed E-state index contributed by atoms with van der Waals surface area (Å²) in [6.45, 7) is 2.90. The number of nitrogens with zero attached hydrogens (tertiary/aromatic N) is 1. The Hall–Kier alpha value is -2.08. The number of carbonyl (C=O) groups is 1. The van der Waals surface area contributed by atoms with E-state index in [0.29, 0.717) is 12.3 Å². The maximum atomic E-state index is 10.7. The molecule has 1 aromatic rings. The van der Waals surface area contributed by atoms with Gasteiger partial charge in [-0.15, -0.1) is 0 Å². The van der Waals surface area contributed by atoms with Crippen LogP contribution < -0.4 is 10.1 Å². The van der Waals surface area contributed by atoms with Crippen molar-refractivity contribution in [3.8, 4) is 5.75 Å². The minimum atomic E-state index is -0.867. The van der Waals surface area contributed by atoms with Crippen LogP contribution in [-0.4, -0.2) is 42.6 Å². The van der Waals surface area contributed by atoms with Crippen molar-refractivity contribution in [1.29, 1.82) is 0 Å². The van der Waals surface area contributed by atoms with Crippen LogP contribution in [0.15, 0.2) is 29.4 Å². The van der Waals surface area contributed by atoms with E-state index in [4.69, 9.17) is 14.7 Å². The van der Waals surface area contributed by atoms with Crippen molar-refractivity contribution in [3.05, 3.63) is 29.8 Å². The Morgan fingerprint density at radius 3 is 2.74 bits per heavy atom. The monoisotopic (exact) mass is 318 g/mol. The van der Waals surface area contributed by atoms with E-state index in [1.165, 1.54) is 0 Å². The molecule has 1 fully saturated rings. The summed E-state index contributed by atoms with van der Waals surface area (Å²) >= 11 is 0. The van der Waals surface area contributed by atoms with E-state index < -0.39 is 5.97 Å².